The van der Waals surface area contributed by atoms with Crippen LogP contribution in [-0.4, -0.2) is 39.8 Å². The first-order valence-corrected chi connectivity index (χ1v) is 10.4. The quantitative estimate of drug-likeness (QED) is 0.459. The number of ether oxygens (including phenoxy) is 2. The van der Waals surface area contributed by atoms with Gasteiger partial charge in [0.05, 0.1) is 26.4 Å². The number of rotatable bonds is 4. The summed E-state index contributed by atoms with van der Waals surface area (Å²) >= 11 is 5.82. The van der Waals surface area contributed by atoms with Crippen molar-refractivity contribution >= 4 is 28.8 Å². The van der Waals surface area contributed by atoms with Crippen LogP contribution in [0.25, 0.3) is 16.6 Å². The van der Waals surface area contributed by atoms with E-state index < -0.39 is 0 Å². The van der Waals surface area contributed by atoms with Crippen LogP contribution >= 0.6 is 12.2 Å². The van der Waals surface area contributed by atoms with Crippen molar-refractivity contribution in [2.75, 3.05) is 20.8 Å². The summed E-state index contributed by atoms with van der Waals surface area (Å²) in [6.07, 6.45) is 0.957. The van der Waals surface area contributed by atoms with Crippen molar-refractivity contribution in [3.8, 4) is 11.5 Å². The van der Waals surface area contributed by atoms with E-state index in [1.807, 2.05) is 10.7 Å². The molecule has 0 unspecified atom stereocenters. The molecule has 0 saturated heterocycles. The molecule has 0 N–H and O–H groups in total. The lowest BCUT2D eigenvalue weighted by molar-refractivity contribution is 0.188. The Labute approximate surface area is 180 Å². The van der Waals surface area contributed by atoms with Crippen molar-refractivity contribution in [3.63, 3.8) is 0 Å². The molecule has 0 bridgehead atoms. The summed E-state index contributed by atoms with van der Waals surface area (Å²) in [5.41, 5.74) is 5.77. The van der Waals surface area contributed by atoms with Crippen LogP contribution in [0.4, 0.5) is 0 Å². The van der Waals surface area contributed by atoms with Gasteiger partial charge in [-0.2, -0.15) is 5.10 Å². The molecule has 7 heteroatoms. The average Bonchev–Trinajstić information content (AvgIpc) is 3.07. The van der Waals surface area contributed by atoms with Gasteiger partial charge in [0, 0.05) is 18.5 Å². The largest absolute Gasteiger partial charge is 0.493 e. The predicted octanol–water partition coefficient (Wildman–Crippen LogP) is 4.36. The fourth-order valence-electron chi connectivity index (χ4n) is 4.36. The number of benzene rings is 2. The van der Waals surface area contributed by atoms with Gasteiger partial charge in [-0.05, 0) is 66.5 Å². The summed E-state index contributed by atoms with van der Waals surface area (Å²) < 4.78 is 15.7. The third kappa shape index (κ3) is 3.05. The SMILES string of the molecule is COc1cc2c(cc1OC)CN(Cn1nc3cc(C)c4ccccc4n3c1=S)CC2. The van der Waals surface area contributed by atoms with Gasteiger partial charge in [0.15, 0.2) is 17.1 Å². The van der Waals surface area contributed by atoms with Crippen LogP contribution in [-0.2, 0) is 19.6 Å². The van der Waals surface area contributed by atoms with Crippen LogP contribution in [0.5, 0.6) is 11.5 Å². The van der Waals surface area contributed by atoms with E-state index in [4.69, 9.17) is 26.8 Å². The van der Waals surface area contributed by atoms with Crippen molar-refractivity contribution in [1.82, 2.24) is 19.1 Å². The molecule has 0 aliphatic carbocycles. The van der Waals surface area contributed by atoms with Crippen molar-refractivity contribution < 1.29 is 9.47 Å². The van der Waals surface area contributed by atoms with Crippen LogP contribution in [0, 0.1) is 11.7 Å². The Bertz CT molecular complexity index is 1320. The van der Waals surface area contributed by atoms with E-state index in [1.54, 1.807) is 14.2 Å². The van der Waals surface area contributed by atoms with Gasteiger partial charge in [-0.15, -0.1) is 0 Å². The Morgan fingerprint density at radius 2 is 1.77 bits per heavy atom. The smallest absolute Gasteiger partial charge is 0.204 e. The standard InChI is InChI=1S/C23H24N4O2S/c1-15-10-22-24-26(23(30)27(22)19-7-5-4-6-18(15)19)14-25-9-8-16-11-20(28-2)21(29-3)12-17(16)13-25/h4-7,10-12H,8-9,13-14H2,1-3H3. The van der Waals surface area contributed by atoms with Gasteiger partial charge in [-0.1, -0.05) is 18.2 Å². The number of aryl methyl sites for hydroxylation is 1. The lowest BCUT2D eigenvalue weighted by Gasteiger charge is -2.29. The normalized spacial score (nSPS) is 14.2. The van der Waals surface area contributed by atoms with Gasteiger partial charge in [0.1, 0.15) is 0 Å². The maximum Gasteiger partial charge on any atom is 0.204 e. The number of pyridine rings is 1. The number of fused-ring (bicyclic) bond motifs is 4. The second-order valence-electron chi connectivity index (χ2n) is 7.74. The number of nitrogens with zero attached hydrogens (tertiary/aromatic N) is 4. The Morgan fingerprint density at radius 1 is 1.03 bits per heavy atom. The Kier molecular flexibility index (Phi) is 4.72. The van der Waals surface area contributed by atoms with Crippen molar-refractivity contribution in [3.05, 3.63) is 63.9 Å². The van der Waals surface area contributed by atoms with E-state index in [0.29, 0.717) is 6.67 Å². The monoisotopic (exact) mass is 420 g/mol. The minimum atomic E-state index is 0.654. The molecule has 2 aromatic carbocycles. The van der Waals surface area contributed by atoms with Gasteiger partial charge >= 0.3 is 0 Å². The van der Waals surface area contributed by atoms with Gasteiger partial charge in [-0.3, -0.25) is 9.30 Å². The molecule has 0 amide bonds. The lowest BCUT2D eigenvalue weighted by atomic mass is 9.99. The average molecular weight is 421 g/mol. The Morgan fingerprint density at radius 3 is 2.53 bits per heavy atom. The first-order valence-electron chi connectivity index (χ1n) is 10.0. The van der Waals surface area contributed by atoms with E-state index in [2.05, 4.69) is 52.6 Å². The molecule has 2 aromatic heterocycles. The van der Waals surface area contributed by atoms with Gasteiger partial charge < -0.3 is 9.47 Å². The number of aromatic nitrogens is 3. The zero-order valence-electron chi connectivity index (χ0n) is 17.4. The molecule has 0 saturated carbocycles. The highest BCUT2D eigenvalue weighted by atomic mass is 32.1. The molecular formula is C23H24N4O2S. The Balaban J connectivity index is 1.49. The summed E-state index contributed by atoms with van der Waals surface area (Å²) in [4.78, 5) is 2.37. The summed E-state index contributed by atoms with van der Waals surface area (Å²) in [6.45, 7) is 4.54. The highest BCUT2D eigenvalue weighted by Gasteiger charge is 2.21. The third-order valence-corrected chi connectivity index (χ3v) is 6.30. The number of hydrogen-bond donors (Lipinski definition) is 0. The molecule has 30 heavy (non-hydrogen) atoms. The van der Waals surface area contributed by atoms with Crippen LogP contribution < -0.4 is 9.47 Å². The molecule has 1 aliphatic rings. The fraction of sp³-hybridized carbons (Fsp3) is 0.304. The molecule has 3 heterocycles. The lowest BCUT2D eigenvalue weighted by Crippen LogP contribution is -2.32. The van der Waals surface area contributed by atoms with Crippen molar-refractivity contribution in [2.45, 2.75) is 26.6 Å². The second-order valence-corrected chi connectivity index (χ2v) is 8.11. The topological polar surface area (TPSA) is 43.9 Å². The summed E-state index contributed by atoms with van der Waals surface area (Å²) in [7, 11) is 3.35. The maximum atomic E-state index is 5.82. The maximum absolute atomic E-state index is 5.82. The number of para-hydroxylation sites is 1. The highest BCUT2D eigenvalue weighted by Crippen LogP contribution is 2.33. The predicted molar refractivity (Wildman–Crippen MR) is 120 cm³/mol. The molecule has 0 radical (unpaired) electrons. The van der Waals surface area contributed by atoms with Crippen LogP contribution in [0.3, 0.4) is 0 Å². The van der Waals surface area contributed by atoms with Gasteiger partial charge in [0.2, 0.25) is 4.77 Å². The molecule has 0 atom stereocenters. The molecule has 0 fully saturated rings. The zero-order valence-corrected chi connectivity index (χ0v) is 18.2. The van der Waals surface area contributed by atoms with Crippen LogP contribution in [0.15, 0.2) is 42.5 Å². The molecule has 0 spiro atoms. The van der Waals surface area contributed by atoms with E-state index in [-0.39, 0.29) is 0 Å². The van der Waals surface area contributed by atoms with Crippen LogP contribution in [0.1, 0.15) is 16.7 Å². The molecule has 5 rings (SSSR count). The second kappa shape index (κ2) is 7.41. The molecular weight excluding hydrogens is 396 g/mol. The molecule has 4 aromatic rings. The molecule has 1 aliphatic heterocycles. The summed E-state index contributed by atoms with van der Waals surface area (Å²) in [6, 6.07) is 14.6. The van der Waals surface area contributed by atoms with Crippen LogP contribution in [0.2, 0.25) is 0 Å². The minimum absolute atomic E-state index is 0.654. The van der Waals surface area contributed by atoms with Gasteiger partial charge in [0.25, 0.3) is 0 Å². The Hall–Kier alpha value is -2.90. The van der Waals surface area contributed by atoms with E-state index in [0.717, 1.165) is 46.9 Å². The number of methoxy groups -OCH3 is 2. The first kappa shape index (κ1) is 19.1. The van der Waals surface area contributed by atoms with E-state index in [1.165, 1.54) is 22.1 Å². The summed E-state index contributed by atoms with van der Waals surface area (Å²) in [5, 5.41) is 6.03. The summed E-state index contributed by atoms with van der Waals surface area (Å²) in [5.74, 6) is 1.55. The molecule has 6 nitrogen and oxygen atoms in total. The first-order chi connectivity index (χ1) is 14.6. The third-order valence-electron chi connectivity index (χ3n) is 5.91. The fourth-order valence-corrected chi connectivity index (χ4v) is 4.65. The minimum Gasteiger partial charge on any atom is -0.493 e. The molecule has 154 valence electrons. The van der Waals surface area contributed by atoms with Crippen molar-refractivity contribution in [2.24, 2.45) is 0 Å². The van der Waals surface area contributed by atoms with E-state index in [9.17, 15) is 0 Å². The van der Waals surface area contributed by atoms with E-state index >= 15 is 0 Å². The zero-order chi connectivity index (χ0) is 20.8. The number of hydrogen-bond acceptors (Lipinski definition) is 5. The highest BCUT2D eigenvalue weighted by molar-refractivity contribution is 7.71. The van der Waals surface area contributed by atoms with Gasteiger partial charge in [-0.25, -0.2) is 4.68 Å². The van der Waals surface area contributed by atoms with Crippen molar-refractivity contribution in [1.29, 1.82) is 0 Å².